The minimum atomic E-state index is -0.0687. The number of rotatable bonds is 4. The number of carbonyl (C=O) groups excluding carboxylic acids is 2. The minimum absolute atomic E-state index is 0.0436. The molecule has 7 heteroatoms. The predicted octanol–water partition coefficient (Wildman–Crippen LogP) is 3.28. The van der Waals surface area contributed by atoms with E-state index >= 15 is 0 Å². The molecule has 2 heterocycles. The van der Waals surface area contributed by atoms with E-state index in [1.807, 2.05) is 10.3 Å². The molecule has 4 saturated carbocycles. The summed E-state index contributed by atoms with van der Waals surface area (Å²) in [6.07, 6.45) is 8.36. The summed E-state index contributed by atoms with van der Waals surface area (Å²) in [4.78, 5) is 34.4. The molecule has 0 aromatic carbocycles. The molecule has 1 saturated heterocycles. The minimum Gasteiger partial charge on any atom is -0.339 e. The molecule has 4 aliphatic carbocycles. The summed E-state index contributed by atoms with van der Waals surface area (Å²) in [6, 6.07) is -0.0436. The molecule has 5 aliphatic rings. The van der Waals surface area contributed by atoms with E-state index in [1.54, 1.807) is 11.3 Å². The zero-order chi connectivity index (χ0) is 20.0. The maximum absolute atomic E-state index is 13.5. The summed E-state index contributed by atoms with van der Waals surface area (Å²) in [6.45, 7) is 5.16. The van der Waals surface area contributed by atoms with Gasteiger partial charge < -0.3 is 15.1 Å². The van der Waals surface area contributed by atoms with Crippen LogP contribution in [0, 0.1) is 23.2 Å². The normalized spacial score (nSPS) is 33.2. The predicted molar refractivity (Wildman–Crippen MR) is 112 cm³/mol. The Balaban J connectivity index is 1.13. The van der Waals surface area contributed by atoms with Crippen LogP contribution in [0.5, 0.6) is 0 Å². The molecular formula is C22H32N4O2S. The number of thiazole rings is 1. The van der Waals surface area contributed by atoms with Gasteiger partial charge in [0.05, 0.1) is 22.7 Å². The average Bonchev–Trinajstić information content (AvgIpc) is 3.19. The van der Waals surface area contributed by atoms with Gasteiger partial charge in [-0.05, 0) is 62.7 Å². The fraction of sp³-hybridized carbons (Fsp3) is 0.773. The van der Waals surface area contributed by atoms with Gasteiger partial charge >= 0.3 is 6.03 Å². The first-order chi connectivity index (χ1) is 14.0. The summed E-state index contributed by atoms with van der Waals surface area (Å²) < 4.78 is 0. The highest BCUT2D eigenvalue weighted by Gasteiger charge is 2.55. The Morgan fingerprint density at radius 2 is 1.66 bits per heavy atom. The van der Waals surface area contributed by atoms with Crippen molar-refractivity contribution >= 4 is 23.3 Å². The van der Waals surface area contributed by atoms with Gasteiger partial charge in [0, 0.05) is 31.6 Å². The third-order valence-electron chi connectivity index (χ3n) is 7.67. The lowest BCUT2D eigenvalue weighted by Crippen LogP contribution is -2.59. The zero-order valence-corrected chi connectivity index (χ0v) is 18.2. The topological polar surface area (TPSA) is 65.5 Å². The van der Waals surface area contributed by atoms with Crippen molar-refractivity contribution in [2.24, 2.45) is 23.2 Å². The van der Waals surface area contributed by atoms with Crippen LogP contribution in [0.15, 0.2) is 5.38 Å². The van der Waals surface area contributed by atoms with Crippen LogP contribution in [0.3, 0.4) is 0 Å². The number of aromatic nitrogens is 1. The van der Waals surface area contributed by atoms with Crippen molar-refractivity contribution in [3.63, 3.8) is 0 Å². The lowest BCUT2D eigenvalue weighted by atomic mass is 9.49. The van der Waals surface area contributed by atoms with E-state index in [-0.39, 0.29) is 11.4 Å². The SMILES string of the molecule is CCc1nc(CNC(=O)N2CCN(C(=O)C34CC5CC(CC(C5)C3)C4)CC2)cs1. The van der Waals surface area contributed by atoms with Gasteiger partial charge in [-0.3, -0.25) is 4.79 Å². The van der Waals surface area contributed by atoms with Gasteiger partial charge in [0.25, 0.3) is 0 Å². The second kappa shape index (κ2) is 7.56. The number of hydrogen-bond acceptors (Lipinski definition) is 4. The number of amides is 3. The molecule has 0 spiro atoms. The second-order valence-electron chi connectivity index (χ2n) is 9.72. The smallest absolute Gasteiger partial charge is 0.317 e. The highest BCUT2D eigenvalue weighted by molar-refractivity contribution is 7.09. The summed E-state index contributed by atoms with van der Waals surface area (Å²) >= 11 is 1.64. The quantitative estimate of drug-likeness (QED) is 0.819. The van der Waals surface area contributed by atoms with E-state index < -0.39 is 0 Å². The molecule has 3 amide bonds. The molecule has 1 N–H and O–H groups in total. The maximum Gasteiger partial charge on any atom is 0.317 e. The molecular weight excluding hydrogens is 384 g/mol. The molecule has 0 radical (unpaired) electrons. The number of urea groups is 1. The van der Waals surface area contributed by atoms with Crippen LogP contribution in [0.4, 0.5) is 4.79 Å². The number of carbonyl (C=O) groups is 2. The first kappa shape index (κ1) is 19.3. The average molecular weight is 417 g/mol. The third kappa shape index (κ3) is 3.66. The van der Waals surface area contributed by atoms with Crippen LogP contribution >= 0.6 is 11.3 Å². The first-order valence-electron chi connectivity index (χ1n) is 11.3. The molecule has 5 fully saturated rings. The summed E-state index contributed by atoms with van der Waals surface area (Å²) in [7, 11) is 0. The van der Waals surface area contributed by atoms with Gasteiger partial charge in [-0.2, -0.15) is 0 Å². The fourth-order valence-electron chi connectivity index (χ4n) is 6.69. The van der Waals surface area contributed by atoms with Crippen molar-refractivity contribution < 1.29 is 9.59 Å². The van der Waals surface area contributed by atoms with E-state index in [9.17, 15) is 9.59 Å². The Hall–Kier alpha value is -1.63. The second-order valence-corrected chi connectivity index (χ2v) is 10.7. The molecule has 4 bridgehead atoms. The molecule has 6 rings (SSSR count). The Morgan fingerprint density at radius 1 is 1.07 bits per heavy atom. The number of nitrogens with one attached hydrogen (secondary N) is 1. The summed E-state index contributed by atoms with van der Waals surface area (Å²) in [5.74, 6) is 2.76. The summed E-state index contributed by atoms with van der Waals surface area (Å²) in [5.41, 5.74) is 0.858. The van der Waals surface area contributed by atoms with Crippen LogP contribution < -0.4 is 5.32 Å². The van der Waals surface area contributed by atoms with Crippen molar-refractivity contribution in [1.82, 2.24) is 20.1 Å². The molecule has 0 atom stereocenters. The Kier molecular flexibility index (Phi) is 5.04. The molecule has 1 aromatic heterocycles. The van der Waals surface area contributed by atoms with E-state index in [2.05, 4.69) is 22.1 Å². The fourth-order valence-corrected chi connectivity index (χ4v) is 7.44. The van der Waals surface area contributed by atoms with Crippen LogP contribution in [0.1, 0.15) is 56.2 Å². The van der Waals surface area contributed by atoms with Crippen LogP contribution in [-0.4, -0.2) is 52.9 Å². The lowest BCUT2D eigenvalue weighted by molar-refractivity contribution is -0.159. The Bertz CT molecular complexity index is 748. The highest BCUT2D eigenvalue weighted by Crippen LogP contribution is 2.60. The van der Waals surface area contributed by atoms with E-state index in [1.165, 1.54) is 19.3 Å². The molecule has 1 aliphatic heterocycles. The molecule has 29 heavy (non-hydrogen) atoms. The van der Waals surface area contributed by atoms with Crippen molar-refractivity contribution in [3.05, 3.63) is 16.1 Å². The number of nitrogens with zero attached hydrogens (tertiary/aromatic N) is 3. The van der Waals surface area contributed by atoms with Gasteiger partial charge in [-0.25, -0.2) is 9.78 Å². The van der Waals surface area contributed by atoms with E-state index in [4.69, 9.17) is 0 Å². The van der Waals surface area contributed by atoms with E-state index in [0.717, 1.165) is 54.1 Å². The van der Waals surface area contributed by atoms with Gasteiger partial charge in [0.15, 0.2) is 0 Å². The molecule has 1 aromatic rings. The first-order valence-corrected chi connectivity index (χ1v) is 12.2. The zero-order valence-electron chi connectivity index (χ0n) is 17.4. The van der Waals surface area contributed by atoms with Crippen LogP contribution in [0.25, 0.3) is 0 Å². The highest BCUT2D eigenvalue weighted by atomic mass is 32.1. The number of hydrogen-bond donors (Lipinski definition) is 1. The summed E-state index contributed by atoms with van der Waals surface area (Å²) in [5, 5.41) is 6.10. The van der Waals surface area contributed by atoms with Gasteiger partial charge in [0.1, 0.15) is 0 Å². The van der Waals surface area contributed by atoms with Gasteiger partial charge in [-0.1, -0.05) is 6.92 Å². The molecule has 0 unspecified atom stereocenters. The van der Waals surface area contributed by atoms with Crippen LogP contribution in [0.2, 0.25) is 0 Å². The standard InChI is InChI=1S/C22H32N4O2S/c1-2-19-24-18(14-29-19)13-23-21(28)26-5-3-25(4-6-26)20(27)22-10-15-7-16(11-22)9-17(8-15)12-22/h14-17H,2-13H2,1H3,(H,23,28). The Labute approximate surface area is 177 Å². The van der Waals surface area contributed by atoms with Crippen molar-refractivity contribution in [1.29, 1.82) is 0 Å². The van der Waals surface area contributed by atoms with Crippen molar-refractivity contribution in [2.45, 2.75) is 58.4 Å². The molecule has 6 nitrogen and oxygen atoms in total. The molecule has 158 valence electrons. The van der Waals surface area contributed by atoms with Gasteiger partial charge in [0.2, 0.25) is 5.91 Å². The largest absolute Gasteiger partial charge is 0.339 e. The van der Waals surface area contributed by atoms with E-state index in [0.29, 0.717) is 38.6 Å². The lowest BCUT2D eigenvalue weighted by Gasteiger charge is -2.57. The van der Waals surface area contributed by atoms with Crippen LogP contribution in [-0.2, 0) is 17.8 Å². The third-order valence-corrected chi connectivity index (χ3v) is 8.71. The Morgan fingerprint density at radius 3 is 2.21 bits per heavy atom. The number of aryl methyl sites for hydroxylation is 1. The number of piperazine rings is 1. The van der Waals surface area contributed by atoms with Crippen molar-refractivity contribution in [2.75, 3.05) is 26.2 Å². The maximum atomic E-state index is 13.5. The monoisotopic (exact) mass is 416 g/mol. The van der Waals surface area contributed by atoms with Gasteiger partial charge in [-0.15, -0.1) is 11.3 Å². The van der Waals surface area contributed by atoms with Crippen molar-refractivity contribution in [3.8, 4) is 0 Å².